The van der Waals surface area contributed by atoms with Gasteiger partial charge in [-0.25, -0.2) is 4.39 Å². The SMILES string of the molecule is CNC(c1ccc(Cl)cc1C)c1cc(C)c(F)cc1Cl. The molecule has 0 aliphatic heterocycles. The maximum absolute atomic E-state index is 13.5. The molecule has 0 amide bonds. The van der Waals surface area contributed by atoms with Crippen LogP contribution in [0.5, 0.6) is 0 Å². The topological polar surface area (TPSA) is 12.0 Å². The third-order valence-corrected chi connectivity index (χ3v) is 3.98. The van der Waals surface area contributed by atoms with E-state index in [0.717, 1.165) is 16.7 Å². The lowest BCUT2D eigenvalue weighted by Gasteiger charge is -2.21. The molecule has 0 bridgehead atoms. The highest BCUT2D eigenvalue weighted by Gasteiger charge is 2.18. The van der Waals surface area contributed by atoms with E-state index >= 15 is 0 Å². The van der Waals surface area contributed by atoms with Crippen molar-refractivity contribution in [1.82, 2.24) is 5.32 Å². The van der Waals surface area contributed by atoms with Crippen molar-refractivity contribution in [2.45, 2.75) is 19.9 Å². The summed E-state index contributed by atoms with van der Waals surface area (Å²) in [5, 5.41) is 4.35. The van der Waals surface area contributed by atoms with Crippen LogP contribution in [0.2, 0.25) is 10.0 Å². The predicted octanol–water partition coefficient (Wildman–Crippen LogP) is 5.06. The Labute approximate surface area is 128 Å². The lowest BCUT2D eigenvalue weighted by atomic mass is 9.94. The maximum atomic E-state index is 13.5. The summed E-state index contributed by atoms with van der Waals surface area (Å²) in [5.74, 6) is -0.290. The summed E-state index contributed by atoms with van der Waals surface area (Å²) in [6.45, 7) is 3.73. The minimum Gasteiger partial charge on any atom is -0.309 e. The molecule has 0 spiro atoms. The predicted molar refractivity (Wildman–Crippen MR) is 83.2 cm³/mol. The molecule has 0 fully saturated rings. The fourth-order valence-electron chi connectivity index (χ4n) is 2.34. The lowest BCUT2D eigenvalue weighted by Crippen LogP contribution is -2.19. The largest absolute Gasteiger partial charge is 0.309 e. The van der Waals surface area contributed by atoms with Crippen molar-refractivity contribution in [1.29, 1.82) is 0 Å². The first-order valence-corrected chi connectivity index (χ1v) is 7.08. The van der Waals surface area contributed by atoms with Crippen LogP contribution in [0, 0.1) is 19.7 Å². The zero-order valence-corrected chi connectivity index (χ0v) is 13.1. The van der Waals surface area contributed by atoms with Crippen molar-refractivity contribution in [3.8, 4) is 0 Å². The van der Waals surface area contributed by atoms with Gasteiger partial charge in [-0.2, -0.15) is 0 Å². The van der Waals surface area contributed by atoms with Crippen molar-refractivity contribution in [2.24, 2.45) is 0 Å². The van der Waals surface area contributed by atoms with Crippen LogP contribution in [0.1, 0.15) is 28.3 Å². The zero-order chi connectivity index (χ0) is 14.9. The van der Waals surface area contributed by atoms with Gasteiger partial charge < -0.3 is 5.32 Å². The van der Waals surface area contributed by atoms with Gasteiger partial charge in [0.05, 0.1) is 6.04 Å². The minimum absolute atomic E-state index is 0.0981. The van der Waals surface area contributed by atoms with Crippen LogP contribution >= 0.6 is 23.2 Å². The molecule has 1 N–H and O–H groups in total. The summed E-state index contributed by atoms with van der Waals surface area (Å²) in [6, 6.07) is 8.77. The Hall–Kier alpha value is -1.09. The molecule has 2 aromatic carbocycles. The summed E-state index contributed by atoms with van der Waals surface area (Å²) in [5.41, 5.74) is 3.58. The molecular formula is C16H16Cl2FN. The Morgan fingerprint density at radius 1 is 1.00 bits per heavy atom. The Bertz CT molecular complexity index is 641. The number of benzene rings is 2. The Morgan fingerprint density at radius 3 is 2.30 bits per heavy atom. The highest BCUT2D eigenvalue weighted by atomic mass is 35.5. The Kier molecular flexibility index (Phi) is 4.69. The van der Waals surface area contributed by atoms with E-state index < -0.39 is 0 Å². The van der Waals surface area contributed by atoms with E-state index in [1.807, 2.05) is 32.2 Å². The van der Waals surface area contributed by atoms with E-state index in [9.17, 15) is 4.39 Å². The first-order chi connectivity index (χ1) is 9.43. The third kappa shape index (κ3) is 2.98. The average molecular weight is 312 g/mol. The number of hydrogen-bond acceptors (Lipinski definition) is 1. The van der Waals surface area contributed by atoms with Crippen LogP contribution < -0.4 is 5.32 Å². The summed E-state index contributed by atoms with van der Waals surface area (Å²) in [7, 11) is 1.85. The second kappa shape index (κ2) is 6.13. The molecule has 0 heterocycles. The van der Waals surface area contributed by atoms with Crippen molar-refractivity contribution >= 4 is 23.2 Å². The molecule has 106 valence electrons. The molecule has 0 radical (unpaired) electrons. The van der Waals surface area contributed by atoms with Crippen molar-refractivity contribution in [3.63, 3.8) is 0 Å². The van der Waals surface area contributed by atoms with Gasteiger partial charge >= 0.3 is 0 Å². The second-order valence-electron chi connectivity index (χ2n) is 4.85. The highest BCUT2D eigenvalue weighted by molar-refractivity contribution is 6.31. The van der Waals surface area contributed by atoms with Crippen LogP contribution in [0.15, 0.2) is 30.3 Å². The average Bonchev–Trinajstić information content (AvgIpc) is 2.38. The molecular weight excluding hydrogens is 296 g/mol. The van der Waals surface area contributed by atoms with Crippen molar-refractivity contribution in [3.05, 3.63) is 68.4 Å². The maximum Gasteiger partial charge on any atom is 0.127 e. The first-order valence-electron chi connectivity index (χ1n) is 6.33. The molecule has 0 aromatic heterocycles. The van der Waals surface area contributed by atoms with E-state index in [0.29, 0.717) is 15.6 Å². The Balaban J connectivity index is 2.55. The first kappa shape index (κ1) is 15.3. The van der Waals surface area contributed by atoms with Gasteiger partial charge in [-0.1, -0.05) is 29.3 Å². The molecule has 0 aliphatic carbocycles. The molecule has 0 saturated carbocycles. The summed E-state index contributed by atoms with van der Waals surface area (Å²) < 4.78 is 13.5. The molecule has 0 aliphatic rings. The van der Waals surface area contributed by atoms with Gasteiger partial charge in [0.2, 0.25) is 0 Å². The van der Waals surface area contributed by atoms with Gasteiger partial charge in [0.1, 0.15) is 5.82 Å². The van der Waals surface area contributed by atoms with E-state index in [1.54, 1.807) is 13.0 Å². The van der Waals surface area contributed by atoms with E-state index in [4.69, 9.17) is 23.2 Å². The van der Waals surface area contributed by atoms with Gasteiger partial charge in [0.15, 0.2) is 0 Å². The van der Waals surface area contributed by atoms with Gasteiger partial charge in [0.25, 0.3) is 0 Å². The van der Waals surface area contributed by atoms with Crippen molar-refractivity contribution < 1.29 is 4.39 Å². The second-order valence-corrected chi connectivity index (χ2v) is 5.69. The summed E-state index contributed by atoms with van der Waals surface area (Å²) >= 11 is 12.2. The normalized spacial score (nSPS) is 12.5. The number of nitrogens with one attached hydrogen (secondary N) is 1. The van der Waals surface area contributed by atoms with E-state index in [1.165, 1.54) is 6.07 Å². The minimum atomic E-state index is -0.290. The quantitative estimate of drug-likeness (QED) is 0.835. The van der Waals surface area contributed by atoms with Crippen LogP contribution in [0.25, 0.3) is 0 Å². The fraction of sp³-hybridized carbons (Fsp3) is 0.250. The molecule has 2 rings (SSSR count). The number of rotatable bonds is 3. The van der Waals surface area contributed by atoms with Crippen LogP contribution in [0.4, 0.5) is 4.39 Å². The van der Waals surface area contributed by atoms with E-state index in [2.05, 4.69) is 5.32 Å². The monoisotopic (exact) mass is 311 g/mol. The molecule has 1 nitrogen and oxygen atoms in total. The van der Waals surface area contributed by atoms with Gasteiger partial charge in [-0.15, -0.1) is 0 Å². The molecule has 1 unspecified atom stereocenters. The highest BCUT2D eigenvalue weighted by Crippen LogP contribution is 2.32. The number of halogens is 3. The molecule has 1 atom stereocenters. The van der Waals surface area contributed by atoms with Gasteiger partial charge in [0, 0.05) is 10.0 Å². The smallest absolute Gasteiger partial charge is 0.127 e. The van der Waals surface area contributed by atoms with Gasteiger partial charge in [-0.3, -0.25) is 0 Å². The fourth-order valence-corrected chi connectivity index (χ4v) is 2.83. The summed E-state index contributed by atoms with van der Waals surface area (Å²) in [6.07, 6.45) is 0. The number of hydrogen-bond donors (Lipinski definition) is 1. The molecule has 20 heavy (non-hydrogen) atoms. The van der Waals surface area contributed by atoms with Crippen molar-refractivity contribution in [2.75, 3.05) is 7.05 Å². The number of aryl methyl sites for hydroxylation is 2. The molecule has 0 saturated heterocycles. The van der Waals surface area contributed by atoms with Gasteiger partial charge in [-0.05, 0) is 67.4 Å². The molecule has 4 heteroatoms. The summed E-state index contributed by atoms with van der Waals surface area (Å²) in [4.78, 5) is 0. The van der Waals surface area contributed by atoms with Crippen LogP contribution in [-0.2, 0) is 0 Å². The van der Waals surface area contributed by atoms with E-state index in [-0.39, 0.29) is 11.9 Å². The third-order valence-electron chi connectivity index (χ3n) is 3.42. The van der Waals surface area contributed by atoms with Crippen LogP contribution in [0.3, 0.4) is 0 Å². The Morgan fingerprint density at radius 2 is 1.70 bits per heavy atom. The van der Waals surface area contributed by atoms with Crippen LogP contribution in [-0.4, -0.2) is 7.05 Å². The molecule has 2 aromatic rings. The lowest BCUT2D eigenvalue weighted by molar-refractivity contribution is 0.614. The zero-order valence-electron chi connectivity index (χ0n) is 11.6. The standard InChI is InChI=1S/C16H16Cl2FN/c1-9-6-11(17)4-5-12(9)16(20-3)13-7-10(2)15(19)8-14(13)18/h4-8,16,20H,1-3H3.